The maximum Gasteiger partial charge on any atom is 0.227 e. The Morgan fingerprint density at radius 2 is 2.14 bits per heavy atom. The summed E-state index contributed by atoms with van der Waals surface area (Å²) in [6.07, 6.45) is 4.25. The highest BCUT2D eigenvalue weighted by Gasteiger charge is 2.54. The fourth-order valence-corrected chi connectivity index (χ4v) is 3.83. The van der Waals surface area contributed by atoms with E-state index in [-0.39, 0.29) is 23.7 Å². The molecule has 2 aliphatic heterocycles. The molecule has 3 rings (SSSR count). The summed E-state index contributed by atoms with van der Waals surface area (Å²) in [5.41, 5.74) is -0.199. The van der Waals surface area contributed by atoms with E-state index in [0.29, 0.717) is 25.2 Å². The molecule has 22 heavy (non-hydrogen) atoms. The van der Waals surface area contributed by atoms with Crippen LogP contribution >= 0.6 is 12.4 Å². The van der Waals surface area contributed by atoms with Crippen molar-refractivity contribution in [3.63, 3.8) is 0 Å². The minimum atomic E-state index is -0.199. The summed E-state index contributed by atoms with van der Waals surface area (Å²) in [5, 5.41) is 6.64. The second kappa shape index (κ2) is 7.34. The maximum absolute atomic E-state index is 12.6. The summed E-state index contributed by atoms with van der Waals surface area (Å²) >= 11 is 0. The third kappa shape index (κ3) is 3.23. The molecule has 0 aliphatic carbocycles. The van der Waals surface area contributed by atoms with Crippen LogP contribution in [0, 0.1) is 5.41 Å². The first-order valence-corrected chi connectivity index (χ1v) is 7.97. The molecule has 2 aliphatic rings. The second-order valence-electron chi connectivity index (χ2n) is 6.12. The summed E-state index contributed by atoms with van der Waals surface area (Å²) in [5.74, 6) is 1.04. The van der Waals surface area contributed by atoms with Crippen molar-refractivity contribution < 1.29 is 9.53 Å². The van der Waals surface area contributed by atoms with Gasteiger partial charge in [0.1, 0.15) is 12.4 Å². The highest BCUT2D eigenvalue weighted by Crippen LogP contribution is 2.45. The van der Waals surface area contributed by atoms with Crippen molar-refractivity contribution in [1.82, 2.24) is 10.6 Å². The highest BCUT2D eigenvalue weighted by atomic mass is 35.5. The van der Waals surface area contributed by atoms with Gasteiger partial charge in [-0.2, -0.15) is 0 Å². The van der Waals surface area contributed by atoms with Crippen molar-refractivity contribution >= 4 is 18.3 Å². The molecule has 3 atom stereocenters. The molecule has 0 radical (unpaired) electrons. The average molecular weight is 325 g/mol. The number of hydrogen-bond acceptors (Lipinski definition) is 3. The van der Waals surface area contributed by atoms with E-state index < -0.39 is 0 Å². The molecule has 0 spiro atoms. The third-order valence-corrected chi connectivity index (χ3v) is 5.00. The van der Waals surface area contributed by atoms with Gasteiger partial charge < -0.3 is 15.4 Å². The van der Waals surface area contributed by atoms with Crippen LogP contribution in [-0.4, -0.2) is 31.1 Å². The van der Waals surface area contributed by atoms with E-state index >= 15 is 0 Å². The lowest BCUT2D eigenvalue weighted by Crippen LogP contribution is -2.48. The predicted molar refractivity (Wildman–Crippen MR) is 89.5 cm³/mol. The zero-order chi connectivity index (χ0) is 14.7. The summed E-state index contributed by atoms with van der Waals surface area (Å²) in [6.45, 7) is 3.20. The van der Waals surface area contributed by atoms with Gasteiger partial charge in [0.25, 0.3) is 0 Å². The Labute approximate surface area is 138 Å². The van der Waals surface area contributed by atoms with E-state index in [0.717, 1.165) is 25.0 Å². The summed E-state index contributed by atoms with van der Waals surface area (Å²) < 4.78 is 5.62. The fraction of sp³-hybridized carbons (Fsp3) is 0.588. The van der Waals surface area contributed by atoms with Gasteiger partial charge in [-0.1, -0.05) is 25.1 Å². The Morgan fingerprint density at radius 1 is 1.36 bits per heavy atom. The first-order valence-electron chi connectivity index (χ1n) is 7.97. The molecule has 2 heterocycles. The van der Waals surface area contributed by atoms with Crippen LogP contribution in [0.15, 0.2) is 30.3 Å². The minimum absolute atomic E-state index is 0. The number of ether oxygens (including phenoxy) is 1. The molecule has 0 aromatic heterocycles. The summed E-state index contributed by atoms with van der Waals surface area (Å²) in [4.78, 5) is 12.6. The van der Waals surface area contributed by atoms with Crippen molar-refractivity contribution in [1.29, 1.82) is 0 Å². The zero-order valence-corrected chi connectivity index (χ0v) is 13.8. The van der Waals surface area contributed by atoms with Crippen molar-refractivity contribution in [2.75, 3.05) is 13.2 Å². The molecule has 2 N–H and O–H groups in total. The van der Waals surface area contributed by atoms with Gasteiger partial charge in [-0.25, -0.2) is 0 Å². The largest absolute Gasteiger partial charge is 0.492 e. The lowest BCUT2D eigenvalue weighted by atomic mass is 9.71. The van der Waals surface area contributed by atoms with Crippen LogP contribution in [0.5, 0.6) is 5.75 Å². The monoisotopic (exact) mass is 324 g/mol. The van der Waals surface area contributed by atoms with Crippen molar-refractivity contribution in [3.8, 4) is 5.75 Å². The van der Waals surface area contributed by atoms with E-state index in [9.17, 15) is 4.79 Å². The predicted octanol–water partition coefficient (Wildman–Crippen LogP) is 2.52. The Bertz CT molecular complexity index is 497. The van der Waals surface area contributed by atoms with Gasteiger partial charge in [-0.05, 0) is 37.8 Å². The fourth-order valence-electron chi connectivity index (χ4n) is 3.83. The van der Waals surface area contributed by atoms with Gasteiger partial charge in [-0.15, -0.1) is 12.4 Å². The topological polar surface area (TPSA) is 50.4 Å². The smallest absolute Gasteiger partial charge is 0.227 e. The van der Waals surface area contributed by atoms with Crippen LogP contribution in [0.4, 0.5) is 0 Å². The van der Waals surface area contributed by atoms with Crippen LogP contribution in [-0.2, 0) is 4.79 Å². The number of amides is 1. The summed E-state index contributed by atoms with van der Waals surface area (Å²) in [6, 6.07) is 10.6. The van der Waals surface area contributed by atoms with Gasteiger partial charge in [0.15, 0.2) is 0 Å². The lowest BCUT2D eigenvalue weighted by molar-refractivity contribution is -0.132. The van der Waals surface area contributed by atoms with E-state index in [2.05, 4.69) is 17.6 Å². The number of hydrogen-bond donors (Lipinski definition) is 2. The van der Waals surface area contributed by atoms with Crippen LogP contribution in [0.1, 0.15) is 32.6 Å². The number of para-hydroxylation sites is 1. The molecule has 2 saturated heterocycles. The molecule has 122 valence electrons. The summed E-state index contributed by atoms with van der Waals surface area (Å²) in [7, 11) is 0. The molecule has 1 aromatic rings. The van der Waals surface area contributed by atoms with E-state index in [4.69, 9.17) is 4.74 Å². The molecule has 0 unspecified atom stereocenters. The van der Waals surface area contributed by atoms with Crippen molar-refractivity contribution in [2.45, 2.75) is 44.7 Å². The van der Waals surface area contributed by atoms with Crippen LogP contribution in [0.2, 0.25) is 0 Å². The number of fused-ring (bicyclic) bond motifs is 2. The second-order valence-corrected chi connectivity index (χ2v) is 6.12. The number of rotatable bonds is 6. The Morgan fingerprint density at radius 3 is 2.73 bits per heavy atom. The van der Waals surface area contributed by atoms with Crippen LogP contribution < -0.4 is 15.4 Å². The first kappa shape index (κ1) is 17.1. The molecule has 2 bridgehead atoms. The van der Waals surface area contributed by atoms with E-state index in [1.807, 2.05) is 30.3 Å². The third-order valence-electron chi connectivity index (χ3n) is 5.00. The van der Waals surface area contributed by atoms with Gasteiger partial charge in [0.2, 0.25) is 5.91 Å². The van der Waals surface area contributed by atoms with Gasteiger partial charge in [0, 0.05) is 12.1 Å². The van der Waals surface area contributed by atoms with Gasteiger partial charge >= 0.3 is 0 Å². The standard InChI is InChI=1S/C17H24N2O2.ClH/c1-2-17(12-13-8-9-15(17)19-13)16(20)18-10-11-21-14-6-4-3-5-7-14;/h3-7,13,15,19H,2,8-12H2,1H3,(H,18,20);1H/t13-,15+,17+;/m0./s1. The molecular weight excluding hydrogens is 300 g/mol. The highest BCUT2D eigenvalue weighted by molar-refractivity contribution is 5.85. The van der Waals surface area contributed by atoms with Gasteiger partial charge in [0.05, 0.1) is 12.0 Å². The number of benzene rings is 1. The maximum atomic E-state index is 12.6. The normalized spacial score (nSPS) is 29.0. The SMILES string of the molecule is CC[C@@]1(C(=O)NCCOc2ccccc2)C[C@@H]2CC[C@H]1N2.Cl. The van der Waals surface area contributed by atoms with Gasteiger partial charge in [-0.3, -0.25) is 4.79 Å². The minimum Gasteiger partial charge on any atom is -0.492 e. The van der Waals surface area contributed by atoms with E-state index in [1.54, 1.807) is 0 Å². The first-order chi connectivity index (χ1) is 10.2. The quantitative estimate of drug-likeness (QED) is 0.791. The van der Waals surface area contributed by atoms with Crippen molar-refractivity contribution in [3.05, 3.63) is 30.3 Å². The zero-order valence-electron chi connectivity index (χ0n) is 13.0. The molecule has 4 nitrogen and oxygen atoms in total. The van der Waals surface area contributed by atoms with Crippen LogP contribution in [0.25, 0.3) is 0 Å². The number of carbonyl (C=O) groups is 1. The average Bonchev–Trinajstić information content (AvgIpc) is 3.13. The van der Waals surface area contributed by atoms with Crippen molar-refractivity contribution in [2.24, 2.45) is 5.41 Å². The Balaban J connectivity index is 0.00000176. The molecule has 1 amide bonds. The van der Waals surface area contributed by atoms with E-state index in [1.165, 1.54) is 6.42 Å². The molecular formula is C17H25ClN2O2. The molecule has 0 saturated carbocycles. The van der Waals surface area contributed by atoms with Crippen LogP contribution in [0.3, 0.4) is 0 Å². The Kier molecular flexibility index (Phi) is 5.70. The molecule has 2 fully saturated rings. The molecule has 5 heteroatoms. The number of halogens is 1. The lowest BCUT2D eigenvalue weighted by Gasteiger charge is -2.34. The molecule has 1 aromatic carbocycles. The Hall–Kier alpha value is -1.26. The number of carbonyl (C=O) groups excluding carboxylic acids is 1. The number of nitrogens with one attached hydrogen (secondary N) is 2.